The Balaban J connectivity index is 1.63. The van der Waals surface area contributed by atoms with Gasteiger partial charge in [0.15, 0.2) is 5.78 Å². The molecule has 0 bridgehead atoms. The molecule has 0 radical (unpaired) electrons. The molecular weight excluding hydrogens is 422 g/mol. The van der Waals surface area contributed by atoms with Crippen LogP contribution in [0.1, 0.15) is 18.4 Å². The fourth-order valence-corrected chi connectivity index (χ4v) is 4.61. The number of ether oxygens (including phenoxy) is 4. The maximum absolute atomic E-state index is 12.7. The van der Waals surface area contributed by atoms with Gasteiger partial charge in [0.25, 0.3) is 0 Å². The molecule has 1 heterocycles. The Labute approximate surface area is 193 Å². The Kier molecular flexibility index (Phi) is 6.70. The van der Waals surface area contributed by atoms with Crippen LogP contribution in [0.3, 0.4) is 0 Å². The highest BCUT2D eigenvalue weighted by atomic mass is 16.5. The lowest BCUT2D eigenvalue weighted by molar-refractivity contribution is -0.143. The average Bonchev–Trinajstić information content (AvgIpc) is 2.87. The summed E-state index contributed by atoms with van der Waals surface area (Å²) in [5.41, 5.74) is 2.88. The number of benzene rings is 2. The highest BCUT2D eigenvalue weighted by Gasteiger charge is 2.49. The van der Waals surface area contributed by atoms with E-state index in [4.69, 9.17) is 18.9 Å². The van der Waals surface area contributed by atoms with Crippen molar-refractivity contribution >= 4 is 11.8 Å². The minimum Gasteiger partial charge on any atom is -0.496 e. The topological polar surface area (TPSA) is 83.1 Å². The van der Waals surface area contributed by atoms with Gasteiger partial charge in [0, 0.05) is 31.4 Å². The van der Waals surface area contributed by atoms with Crippen molar-refractivity contribution in [2.45, 2.75) is 25.3 Å². The number of hydrogen-bond acceptors (Lipinski definition) is 7. The van der Waals surface area contributed by atoms with Crippen molar-refractivity contribution in [3.63, 3.8) is 0 Å². The third-order valence-corrected chi connectivity index (χ3v) is 6.49. The lowest BCUT2D eigenvalue weighted by atomic mass is 9.66. The van der Waals surface area contributed by atoms with Crippen molar-refractivity contribution < 1.29 is 28.5 Å². The predicted molar refractivity (Wildman–Crippen MR) is 123 cm³/mol. The molecule has 0 saturated carbocycles. The van der Waals surface area contributed by atoms with Crippen LogP contribution < -0.4 is 14.8 Å². The summed E-state index contributed by atoms with van der Waals surface area (Å²) in [6.07, 6.45) is 3.16. The summed E-state index contributed by atoms with van der Waals surface area (Å²) in [7, 11) is 4.59. The Morgan fingerprint density at radius 1 is 1.06 bits per heavy atom. The Hall–Kier alpha value is -3.32. The summed E-state index contributed by atoms with van der Waals surface area (Å²) in [6.45, 7) is 1.06. The number of rotatable bonds is 8. The zero-order valence-corrected chi connectivity index (χ0v) is 19.2. The van der Waals surface area contributed by atoms with Crippen molar-refractivity contribution in [1.29, 1.82) is 0 Å². The summed E-state index contributed by atoms with van der Waals surface area (Å²) in [5.74, 6) is 0.992. The van der Waals surface area contributed by atoms with E-state index in [-0.39, 0.29) is 5.78 Å². The van der Waals surface area contributed by atoms with Gasteiger partial charge < -0.3 is 24.3 Å². The van der Waals surface area contributed by atoms with Crippen molar-refractivity contribution in [3.8, 4) is 22.6 Å². The van der Waals surface area contributed by atoms with E-state index in [0.717, 1.165) is 22.4 Å². The third-order valence-electron chi connectivity index (χ3n) is 6.49. The molecule has 0 unspecified atom stereocenters. The van der Waals surface area contributed by atoms with Gasteiger partial charge >= 0.3 is 5.97 Å². The first kappa shape index (κ1) is 22.9. The second-order valence-electron chi connectivity index (χ2n) is 8.28. The Morgan fingerprint density at radius 2 is 1.70 bits per heavy atom. The second-order valence-corrected chi connectivity index (χ2v) is 8.28. The molecule has 1 spiro atoms. The largest absolute Gasteiger partial charge is 0.496 e. The number of methoxy groups -OCH3 is 3. The van der Waals surface area contributed by atoms with Crippen molar-refractivity contribution in [3.05, 3.63) is 59.8 Å². The monoisotopic (exact) mass is 451 g/mol. The lowest BCUT2D eigenvalue weighted by Gasteiger charge is -2.44. The molecule has 1 N–H and O–H groups in total. The van der Waals surface area contributed by atoms with Crippen LogP contribution in [0.5, 0.6) is 11.5 Å². The molecule has 2 aromatic carbocycles. The maximum Gasteiger partial charge on any atom is 0.328 e. The molecule has 0 aromatic heterocycles. The number of esters is 1. The van der Waals surface area contributed by atoms with Crippen LogP contribution in [0.15, 0.2) is 54.2 Å². The van der Waals surface area contributed by atoms with Gasteiger partial charge in [-0.1, -0.05) is 30.3 Å². The summed E-state index contributed by atoms with van der Waals surface area (Å²) in [5, 5.41) is 3.29. The first-order valence-electron chi connectivity index (χ1n) is 11.0. The number of ketones is 1. The smallest absolute Gasteiger partial charge is 0.328 e. The van der Waals surface area contributed by atoms with E-state index < -0.39 is 17.4 Å². The molecular formula is C26H29NO6. The van der Waals surface area contributed by atoms with Crippen molar-refractivity contribution in [2.75, 3.05) is 34.5 Å². The normalized spacial score (nSPS) is 17.5. The van der Waals surface area contributed by atoms with Gasteiger partial charge in [-0.05, 0) is 36.1 Å². The number of allylic oxidation sites excluding steroid dienone is 2. The summed E-state index contributed by atoms with van der Waals surface area (Å²) in [6, 6.07) is 13.0. The van der Waals surface area contributed by atoms with Gasteiger partial charge in [-0.2, -0.15) is 0 Å². The second kappa shape index (κ2) is 9.67. The molecule has 2 aromatic rings. The zero-order valence-electron chi connectivity index (χ0n) is 19.2. The van der Waals surface area contributed by atoms with Crippen LogP contribution >= 0.6 is 0 Å². The summed E-state index contributed by atoms with van der Waals surface area (Å²) in [4.78, 5) is 25.1. The fourth-order valence-electron chi connectivity index (χ4n) is 4.61. The van der Waals surface area contributed by atoms with E-state index in [0.29, 0.717) is 44.0 Å². The first-order chi connectivity index (χ1) is 16.0. The molecule has 1 fully saturated rings. The molecule has 4 rings (SSSR count). The van der Waals surface area contributed by atoms with Gasteiger partial charge in [-0.15, -0.1) is 0 Å². The molecule has 33 heavy (non-hydrogen) atoms. The van der Waals surface area contributed by atoms with Crippen LogP contribution in [0.2, 0.25) is 0 Å². The minimum atomic E-state index is -0.661. The Bertz CT molecular complexity index is 1030. The Morgan fingerprint density at radius 3 is 2.24 bits per heavy atom. The van der Waals surface area contributed by atoms with E-state index in [1.165, 1.54) is 7.11 Å². The number of carbonyl (C=O) groups is 2. The summed E-state index contributed by atoms with van der Waals surface area (Å²) < 4.78 is 21.9. The molecule has 1 aliphatic heterocycles. The van der Waals surface area contributed by atoms with E-state index in [1.54, 1.807) is 20.3 Å². The highest BCUT2D eigenvalue weighted by Crippen LogP contribution is 2.45. The van der Waals surface area contributed by atoms with Gasteiger partial charge in [-0.3, -0.25) is 4.79 Å². The molecule has 0 amide bonds. The van der Waals surface area contributed by atoms with E-state index >= 15 is 0 Å². The van der Waals surface area contributed by atoms with Gasteiger partial charge in [0.1, 0.15) is 17.5 Å². The summed E-state index contributed by atoms with van der Waals surface area (Å²) >= 11 is 0. The number of hydrogen-bond donors (Lipinski definition) is 1. The van der Waals surface area contributed by atoms with Crippen molar-refractivity contribution in [2.24, 2.45) is 5.41 Å². The molecule has 7 heteroatoms. The quantitative estimate of drug-likeness (QED) is 0.617. The van der Waals surface area contributed by atoms with Gasteiger partial charge in [0.05, 0.1) is 32.3 Å². The van der Waals surface area contributed by atoms with E-state index in [2.05, 4.69) is 5.32 Å². The van der Waals surface area contributed by atoms with Crippen LogP contribution in [-0.4, -0.2) is 52.3 Å². The van der Waals surface area contributed by atoms with Gasteiger partial charge in [0.2, 0.25) is 0 Å². The zero-order chi connectivity index (χ0) is 23.4. The molecule has 1 saturated heterocycles. The fraction of sp³-hybridized carbons (Fsp3) is 0.385. The number of carbonyl (C=O) groups excluding carboxylic acids is 2. The molecule has 7 nitrogen and oxygen atoms in total. The molecule has 2 aliphatic rings. The average molecular weight is 452 g/mol. The molecule has 174 valence electrons. The van der Waals surface area contributed by atoms with Gasteiger partial charge in [-0.25, -0.2) is 4.79 Å². The number of nitrogens with one attached hydrogen (secondary N) is 1. The molecule has 1 aliphatic carbocycles. The van der Waals surface area contributed by atoms with Crippen LogP contribution in [-0.2, 0) is 25.5 Å². The minimum absolute atomic E-state index is 0.0902. The van der Waals surface area contributed by atoms with E-state index in [1.807, 2.05) is 42.5 Å². The van der Waals surface area contributed by atoms with Crippen LogP contribution in [0, 0.1) is 5.41 Å². The maximum atomic E-state index is 12.7. The molecule has 1 atom stereocenters. The third kappa shape index (κ3) is 4.33. The SMILES string of the molecule is COC(=O)[C@H](Cc1cc(OC)c(-c2ccccc2)c(OC)c1)NC1=CC(=O)C12CCOCC2. The van der Waals surface area contributed by atoms with Crippen LogP contribution in [0.4, 0.5) is 0 Å². The lowest BCUT2D eigenvalue weighted by Crippen LogP contribution is -2.53. The van der Waals surface area contributed by atoms with Crippen LogP contribution in [0.25, 0.3) is 11.1 Å². The van der Waals surface area contributed by atoms with E-state index in [9.17, 15) is 9.59 Å². The highest BCUT2D eigenvalue weighted by molar-refractivity contribution is 6.05. The first-order valence-corrected chi connectivity index (χ1v) is 11.0. The van der Waals surface area contributed by atoms with Crippen molar-refractivity contribution in [1.82, 2.24) is 5.32 Å². The standard InChI is InChI=1S/C26H29NO6/c1-30-20-14-17(15-21(31-2)24(20)18-7-5-4-6-8-18)13-19(25(29)32-3)27-22-16-23(28)26(22)9-11-33-12-10-26/h4-8,14-16,19,27H,9-13H2,1-3H3/t19-/m0/s1. The predicted octanol–water partition coefficient (Wildman–Crippen LogP) is 3.31.